The molecule has 1 fully saturated rings. The van der Waals surface area contributed by atoms with E-state index in [0.717, 1.165) is 6.08 Å². The number of ether oxygens (including phenoxy) is 1. The molecule has 0 aromatic rings. The summed E-state index contributed by atoms with van der Waals surface area (Å²) in [5.41, 5.74) is -2.07. The SMILES string of the molecule is C=CC1(C(F)(F)F)OC1C(C)C. The summed E-state index contributed by atoms with van der Waals surface area (Å²) in [7, 11) is 0. The Morgan fingerprint density at radius 3 is 2.08 bits per heavy atom. The average Bonchev–Trinajstić information content (AvgIpc) is 2.59. The van der Waals surface area contributed by atoms with Crippen LogP contribution in [0.2, 0.25) is 0 Å². The van der Waals surface area contributed by atoms with E-state index in [-0.39, 0.29) is 5.92 Å². The molecule has 1 aliphatic heterocycles. The number of rotatable bonds is 2. The molecule has 2 atom stereocenters. The molecule has 1 heterocycles. The van der Waals surface area contributed by atoms with Crippen molar-refractivity contribution in [3.8, 4) is 0 Å². The Bertz CT molecular complexity index is 197. The number of halogens is 3. The summed E-state index contributed by atoms with van der Waals surface area (Å²) in [6.07, 6.45) is -4.24. The minimum atomic E-state index is -4.33. The Morgan fingerprint density at radius 2 is 2.00 bits per heavy atom. The number of hydrogen-bond donors (Lipinski definition) is 0. The van der Waals surface area contributed by atoms with Gasteiger partial charge in [-0.05, 0) is 12.0 Å². The zero-order valence-corrected chi connectivity index (χ0v) is 6.98. The number of alkyl halides is 3. The molecule has 0 amide bonds. The summed E-state index contributed by atoms with van der Waals surface area (Å²) in [4.78, 5) is 0. The lowest BCUT2D eigenvalue weighted by molar-refractivity contribution is -0.170. The molecule has 0 aromatic heterocycles. The molecule has 70 valence electrons. The molecule has 0 N–H and O–H groups in total. The van der Waals surface area contributed by atoms with Gasteiger partial charge in [0, 0.05) is 0 Å². The highest BCUT2D eigenvalue weighted by Crippen LogP contribution is 2.53. The van der Waals surface area contributed by atoms with Crippen LogP contribution in [0.15, 0.2) is 12.7 Å². The Kier molecular flexibility index (Phi) is 1.98. The van der Waals surface area contributed by atoms with E-state index in [9.17, 15) is 13.2 Å². The molecule has 1 nitrogen and oxygen atoms in total. The van der Waals surface area contributed by atoms with Crippen molar-refractivity contribution in [2.24, 2.45) is 5.92 Å². The van der Waals surface area contributed by atoms with Crippen molar-refractivity contribution in [1.29, 1.82) is 0 Å². The number of epoxide rings is 1. The first-order chi connectivity index (χ1) is 5.35. The van der Waals surface area contributed by atoms with Crippen LogP contribution < -0.4 is 0 Å². The summed E-state index contributed by atoms with van der Waals surface area (Å²) in [5.74, 6) is -0.135. The average molecular weight is 180 g/mol. The zero-order valence-electron chi connectivity index (χ0n) is 6.98. The van der Waals surface area contributed by atoms with Gasteiger partial charge in [-0.2, -0.15) is 13.2 Å². The maximum absolute atomic E-state index is 12.3. The molecule has 0 aliphatic carbocycles. The molecule has 0 bridgehead atoms. The van der Waals surface area contributed by atoms with Gasteiger partial charge in [0.25, 0.3) is 0 Å². The largest absolute Gasteiger partial charge is 0.423 e. The third kappa shape index (κ3) is 1.14. The van der Waals surface area contributed by atoms with E-state index in [4.69, 9.17) is 0 Å². The minimum absolute atomic E-state index is 0.135. The minimum Gasteiger partial charge on any atom is -0.352 e. The highest BCUT2D eigenvalue weighted by atomic mass is 19.4. The first kappa shape index (κ1) is 9.58. The first-order valence-electron chi connectivity index (χ1n) is 3.73. The van der Waals surface area contributed by atoms with Gasteiger partial charge in [-0.1, -0.05) is 20.4 Å². The zero-order chi connectivity index (χ0) is 9.57. The van der Waals surface area contributed by atoms with E-state index in [1.54, 1.807) is 13.8 Å². The van der Waals surface area contributed by atoms with Gasteiger partial charge in [-0.15, -0.1) is 0 Å². The van der Waals surface area contributed by atoms with E-state index >= 15 is 0 Å². The molecule has 1 aliphatic rings. The first-order valence-corrected chi connectivity index (χ1v) is 3.73. The van der Waals surface area contributed by atoms with Crippen molar-refractivity contribution < 1.29 is 17.9 Å². The highest BCUT2D eigenvalue weighted by molar-refractivity contribution is 5.19. The van der Waals surface area contributed by atoms with Crippen LogP contribution in [0.25, 0.3) is 0 Å². The van der Waals surface area contributed by atoms with Crippen LogP contribution in [0.3, 0.4) is 0 Å². The summed E-state index contributed by atoms with van der Waals surface area (Å²) in [6, 6.07) is 0. The topological polar surface area (TPSA) is 12.5 Å². The molecule has 2 unspecified atom stereocenters. The van der Waals surface area contributed by atoms with Crippen LogP contribution in [0.5, 0.6) is 0 Å². The lowest BCUT2D eigenvalue weighted by Gasteiger charge is -2.12. The molecular formula is C8H11F3O. The summed E-state index contributed by atoms with van der Waals surface area (Å²) in [6.45, 7) is 6.54. The maximum Gasteiger partial charge on any atom is 0.423 e. The Hall–Kier alpha value is -0.510. The second kappa shape index (κ2) is 2.49. The standard InChI is InChI=1S/C8H11F3O/c1-4-7(8(9,10)11)6(12-7)5(2)3/h4-6H,1H2,2-3H3. The monoisotopic (exact) mass is 180 g/mol. The van der Waals surface area contributed by atoms with Crippen molar-refractivity contribution in [3.63, 3.8) is 0 Å². The van der Waals surface area contributed by atoms with Crippen LogP contribution >= 0.6 is 0 Å². The van der Waals surface area contributed by atoms with Gasteiger partial charge in [0.2, 0.25) is 5.60 Å². The van der Waals surface area contributed by atoms with Crippen molar-refractivity contribution in [2.75, 3.05) is 0 Å². The summed E-state index contributed by atoms with van der Waals surface area (Å²) >= 11 is 0. The van der Waals surface area contributed by atoms with Gasteiger partial charge in [-0.3, -0.25) is 0 Å². The Morgan fingerprint density at radius 1 is 1.50 bits per heavy atom. The van der Waals surface area contributed by atoms with Crippen LogP contribution in [-0.2, 0) is 4.74 Å². The fourth-order valence-electron chi connectivity index (χ4n) is 1.32. The van der Waals surface area contributed by atoms with Crippen LogP contribution in [0, 0.1) is 5.92 Å². The Balaban J connectivity index is 2.79. The molecule has 0 aromatic carbocycles. The van der Waals surface area contributed by atoms with Gasteiger partial charge >= 0.3 is 6.18 Å². The lowest BCUT2D eigenvalue weighted by atomic mass is 9.97. The molecular weight excluding hydrogens is 169 g/mol. The molecule has 12 heavy (non-hydrogen) atoms. The predicted molar refractivity (Wildman–Crippen MR) is 38.7 cm³/mol. The highest BCUT2D eigenvalue weighted by Gasteiger charge is 2.72. The van der Waals surface area contributed by atoms with Gasteiger partial charge in [-0.25, -0.2) is 0 Å². The molecule has 0 radical (unpaired) electrons. The van der Waals surface area contributed by atoms with Crippen LogP contribution in [0.4, 0.5) is 13.2 Å². The molecule has 0 saturated carbocycles. The summed E-state index contributed by atoms with van der Waals surface area (Å²) < 4.78 is 41.6. The van der Waals surface area contributed by atoms with Gasteiger partial charge in [0.15, 0.2) is 0 Å². The van der Waals surface area contributed by atoms with E-state index in [0.29, 0.717) is 0 Å². The normalized spacial score (nSPS) is 35.3. The quantitative estimate of drug-likeness (QED) is 0.470. The Labute approximate surface area is 69.2 Å². The van der Waals surface area contributed by atoms with Crippen LogP contribution in [0.1, 0.15) is 13.8 Å². The molecule has 1 saturated heterocycles. The second-order valence-electron chi connectivity index (χ2n) is 3.28. The predicted octanol–water partition coefficient (Wildman–Crippen LogP) is 2.53. The van der Waals surface area contributed by atoms with Crippen molar-refractivity contribution in [2.45, 2.75) is 31.7 Å². The van der Waals surface area contributed by atoms with Gasteiger partial charge in [0.05, 0.1) is 0 Å². The van der Waals surface area contributed by atoms with Gasteiger partial charge in [0.1, 0.15) is 6.10 Å². The lowest BCUT2D eigenvalue weighted by Crippen LogP contribution is -2.34. The van der Waals surface area contributed by atoms with Crippen LogP contribution in [-0.4, -0.2) is 17.9 Å². The second-order valence-corrected chi connectivity index (χ2v) is 3.28. The fraction of sp³-hybridized carbons (Fsp3) is 0.750. The van der Waals surface area contributed by atoms with Crippen molar-refractivity contribution >= 4 is 0 Å². The third-order valence-electron chi connectivity index (χ3n) is 2.04. The van der Waals surface area contributed by atoms with Gasteiger partial charge < -0.3 is 4.74 Å². The third-order valence-corrected chi connectivity index (χ3v) is 2.04. The molecule has 1 rings (SSSR count). The van der Waals surface area contributed by atoms with E-state index in [1.165, 1.54) is 0 Å². The maximum atomic E-state index is 12.3. The van der Waals surface area contributed by atoms with Crippen molar-refractivity contribution in [1.82, 2.24) is 0 Å². The van der Waals surface area contributed by atoms with E-state index in [2.05, 4.69) is 11.3 Å². The smallest absolute Gasteiger partial charge is 0.352 e. The molecule has 4 heteroatoms. The van der Waals surface area contributed by atoms with E-state index < -0.39 is 17.9 Å². The molecule has 0 spiro atoms. The van der Waals surface area contributed by atoms with Crippen molar-refractivity contribution in [3.05, 3.63) is 12.7 Å². The number of hydrogen-bond acceptors (Lipinski definition) is 1. The summed E-state index contributed by atoms with van der Waals surface area (Å²) in [5, 5.41) is 0. The van der Waals surface area contributed by atoms with E-state index in [1.807, 2.05) is 0 Å². The fourth-order valence-corrected chi connectivity index (χ4v) is 1.32.